The Bertz CT molecular complexity index is 823. The molecule has 0 aromatic carbocycles. The zero-order chi connectivity index (χ0) is 36.0. The average molecular weight is 690 g/mol. The quantitative estimate of drug-likeness (QED) is 0.0332. The molecule has 0 saturated carbocycles. The summed E-state index contributed by atoms with van der Waals surface area (Å²) in [5, 5.41) is 43.4. The van der Waals surface area contributed by atoms with Crippen molar-refractivity contribution < 1.29 is 25.2 Å². The Kier molecular flexibility index (Phi) is 36.2. The Balaban J connectivity index is 3.86. The lowest BCUT2D eigenvalue weighted by Crippen LogP contribution is -2.53. The summed E-state index contributed by atoms with van der Waals surface area (Å²) in [6, 6.07) is -1.02. The summed E-state index contributed by atoms with van der Waals surface area (Å²) in [5.74, 6) is -0.613. The van der Waals surface area contributed by atoms with Crippen molar-refractivity contribution >= 4 is 5.91 Å². The minimum Gasteiger partial charge on any atom is -0.394 e. The molecular formula is C43H79NO5. The molecule has 0 rings (SSSR count). The van der Waals surface area contributed by atoms with Gasteiger partial charge in [0.1, 0.15) is 12.2 Å². The van der Waals surface area contributed by atoms with Crippen LogP contribution in [0.5, 0.6) is 0 Å². The molecule has 6 heteroatoms. The van der Waals surface area contributed by atoms with Crippen molar-refractivity contribution in [3.63, 3.8) is 0 Å². The summed E-state index contributed by atoms with van der Waals surface area (Å²) < 4.78 is 0. The van der Waals surface area contributed by atoms with Gasteiger partial charge in [-0.25, -0.2) is 0 Å². The lowest BCUT2D eigenvalue weighted by atomic mass is 10.00. The van der Waals surface area contributed by atoms with Gasteiger partial charge in [0, 0.05) is 0 Å². The minimum absolute atomic E-state index is 0.342. The van der Waals surface area contributed by atoms with Gasteiger partial charge in [-0.1, -0.05) is 146 Å². The predicted octanol–water partition coefficient (Wildman–Crippen LogP) is 10.3. The Labute approximate surface area is 302 Å². The highest BCUT2D eigenvalue weighted by Crippen LogP contribution is 2.13. The number of allylic oxidation sites excluding steroid dienone is 8. The molecule has 1 amide bonds. The molecule has 4 atom stereocenters. The Morgan fingerprint density at radius 1 is 0.490 bits per heavy atom. The van der Waals surface area contributed by atoms with Crippen LogP contribution in [-0.2, 0) is 4.79 Å². The molecule has 5 N–H and O–H groups in total. The second kappa shape index (κ2) is 37.5. The number of hydrogen-bond donors (Lipinski definition) is 5. The Hall–Kier alpha value is -1.73. The monoisotopic (exact) mass is 690 g/mol. The van der Waals surface area contributed by atoms with Gasteiger partial charge in [-0.2, -0.15) is 0 Å². The number of nitrogens with one attached hydrogen (secondary N) is 1. The molecule has 0 saturated heterocycles. The van der Waals surface area contributed by atoms with E-state index < -0.39 is 36.9 Å². The van der Waals surface area contributed by atoms with Crippen molar-refractivity contribution in [3.8, 4) is 0 Å². The van der Waals surface area contributed by atoms with Crippen LogP contribution in [0.2, 0.25) is 0 Å². The fourth-order valence-electron chi connectivity index (χ4n) is 5.90. The van der Waals surface area contributed by atoms with Gasteiger partial charge < -0.3 is 25.7 Å². The lowest BCUT2D eigenvalue weighted by molar-refractivity contribution is -0.132. The minimum atomic E-state index is -1.30. The summed E-state index contributed by atoms with van der Waals surface area (Å²) in [7, 11) is 0. The number of rotatable bonds is 36. The van der Waals surface area contributed by atoms with Gasteiger partial charge in [0.2, 0.25) is 5.91 Å². The van der Waals surface area contributed by atoms with Crippen molar-refractivity contribution in [1.29, 1.82) is 0 Å². The molecule has 0 aliphatic rings. The number of aliphatic hydroxyl groups is 4. The van der Waals surface area contributed by atoms with E-state index in [-0.39, 0.29) is 0 Å². The second-order valence-electron chi connectivity index (χ2n) is 13.9. The molecule has 0 bridgehead atoms. The van der Waals surface area contributed by atoms with Crippen LogP contribution in [0.3, 0.4) is 0 Å². The Morgan fingerprint density at radius 2 is 0.857 bits per heavy atom. The molecule has 6 nitrogen and oxygen atoms in total. The molecule has 0 spiro atoms. The zero-order valence-electron chi connectivity index (χ0n) is 31.9. The molecule has 0 heterocycles. The molecule has 0 radical (unpaired) electrons. The first kappa shape index (κ1) is 47.3. The van der Waals surface area contributed by atoms with E-state index in [4.69, 9.17) is 0 Å². The van der Waals surface area contributed by atoms with E-state index in [0.717, 1.165) is 70.6 Å². The number of aliphatic hydroxyl groups excluding tert-OH is 4. The highest BCUT2D eigenvalue weighted by molar-refractivity contribution is 5.80. The van der Waals surface area contributed by atoms with Crippen LogP contribution in [0, 0.1) is 0 Å². The van der Waals surface area contributed by atoms with Crippen molar-refractivity contribution in [2.45, 2.75) is 212 Å². The van der Waals surface area contributed by atoms with Crippen LogP contribution in [0.15, 0.2) is 48.6 Å². The normalized spacial score (nSPS) is 14.8. The van der Waals surface area contributed by atoms with Gasteiger partial charge in [-0.05, 0) is 89.9 Å². The first-order valence-electron chi connectivity index (χ1n) is 20.5. The maximum absolute atomic E-state index is 12.4. The second-order valence-corrected chi connectivity index (χ2v) is 13.9. The van der Waals surface area contributed by atoms with Crippen LogP contribution in [-0.4, -0.2) is 57.3 Å². The van der Waals surface area contributed by atoms with Crippen molar-refractivity contribution in [3.05, 3.63) is 48.6 Å². The van der Waals surface area contributed by atoms with Gasteiger partial charge in [0.15, 0.2) is 0 Å². The van der Waals surface area contributed by atoms with E-state index in [1.54, 1.807) is 0 Å². The van der Waals surface area contributed by atoms with Crippen LogP contribution in [0.1, 0.15) is 187 Å². The van der Waals surface area contributed by atoms with Gasteiger partial charge >= 0.3 is 0 Å². The maximum atomic E-state index is 12.4. The first-order valence-corrected chi connectivity index (χ1v) is 20.5. The molecule has 0 aliphatic heterocycles. The number of hydrogen-bond acceptors (Lipinski definition) is 5. The molecule has 4 unspecified atom stereocenters. The largest absolute Gasteiger partial charge is 0.394 e. The predicted molar refractivity (Wildman–Crippen MR) is 210 cm³/mol. The van der Waals surface area contributed by atoms with Crippen molar-refractivity contribution in [2.75, 3.05) is 6.61 Å². The number of carbonyl (C=O) groups is 1. The molecule has 0 aromatic rings. The summed E-state index contributed by atoms with van der Waals surface area (Å²) in [6.07, 6.45) is 44.3. The van der Waals surface area contributed by atoms with E-state index in [2.05, 4.69) is 67.8 Å². The third-order valence-corrected chi connectivity index (χ3v) is 9.22. The summed E-state index contributed by atoms with van der Waals surface area (Å²) >= 11 is 0. The van der Waals surface area contributed by atoms with E-state index in [9.17, 15) is 25.2 Å². The fourth-order valence-corrected chi connectivity index (χ4v) is 5.90. The van der Waals surface area contributed by atoms with Gasteiger partial charge in [-0.3, -0.25) is 4.79 Å². The molecule has 0 fully saturated rings. The maximum Gasteiger partial charge on any atom is 0.249 e. The SMILES string of the molecule is CCCCC/C=C\CCCCCCC(O)C(=O)NC(CO)C(O)C(O)CCC/C=C/CC/C=C/CC/C=C/CCCCCCCCCCC. The summed E-state index contributed by atoms with van der Waals surface area (Å²) in [6.45, 7) is 3.98. The van der Waals surface area contributed by atoms with E-state index >= 15 is 0 Å². The molecule has 286 valence electrons. The number of carbonyl (C=O) groups excluding carboxylic acids is 1. The average Bonchev–Trinajstić information content (AvgIpc) is 3.11. The molecular weight excluding hydrogens is 610 g/mol. The topological polar surface area (TPSA) is 110 Å². The first-order chi connectivity index (χ1) is 24.0. The number of amides is 1. The fraction of sp³-hybridized carbons (Fsp3) is 0.791. The van der Waals surface area contributed by atoms with Crippen LogP contribution < -0.4 is 5.32 Å². The number of unbranched alkanes of at least 4 members (excludes halogenated alkanes) is 19. The highest BCUT2D eigenvalue weighted by atomic mass is 16.3. The highest BCUT2D eigenvalue weighted by Gasteiger charge is 2.28. The van der Waals surface area contributed by atoms with Gasteiger partial charge in [0.05, 0.1) is 18.8 Å². The molecule has 0 aromatic heterocycles. The standard InChI is InChI=1S/C43H79NO5/c1-3-5-7-9-11-13-15-16-17-18-19-20-21-22-23-24-25-27-28-30-32-34-36-40(46)42(48)39(38-45)44-43(49)41(47)37-35-33-31-29-26-14-12-10-8-6-4-2/h12,14,19-20,23-24,28,30,39-42,45-48H,3-11,13,15-18,21-22,25-27,29,31-38H2,1-2H3,(H,44,49)/b14-12-,20-19+,24-23+,30-28+. The third-order valence-electron chi connectivity index (χ3n) is 9.22. The van der Waals surface area contributed by atoms with E-state index in [1.165, 1.54) is 83.5 Å². The van der Waals surface area contributed by atoms with E-state index in [1.807, 2.05) is 0 Å². The molecule has 0 aliphatic carbocycles. The summed E-state index contributed by atoms with van der Waals surface area (Å²) in [5.41, 5.74) is 0. The smallest absolute Gasteiger partial charge is 0.249 e. The van der Waals surface area contributed by atoms with Crippen molar-refractivity contribution in [2.24, 2.45) is 0 Å². The van der Waals surface area contributed by atoms with Crippen LogP contribution in [0.25, 0.3) is 0 Å². The van der Waals surface area contributed by atoms with Gasteiger partial charge in [-0.15, -0.1) is 0 Å². The third kappa shape index (κ3) is 32.0. The van der Waals surface area contributed by atoms with Crippen molar-refractivity contribution in [1.82, 2.24) is 5.32 Å². The zero-order valence-corrected chi connectivity index (χ0v) is 31.9. The summed E-state index contributed by atoms with van der Waals surface area (Å²) in [4.78, 5) is 12.4. The van der Waals surface area contributed by atoms with E-state index in [0.29, 0.717) is 19.3 Å². The van der Waals surface area contributed by atoms with Gasteiger partial charge in [0.25, 0.3) is 0 Å². The lowest BCUT2D eigenvalue weighted by Gasteiger charge is -2.27. The Morgan fingerprint density at radius 3 is 1.33 bits per heavy atom. The molecule has 49 heavy (non-hydrogen) atoms. The van der Waals surface area contributed by atoms with Crippen LogP contribution in [0.4, 0.5) is 0 Å². The van der Waals surface area contributed by atoms with Crippen LogP contribution >= 0.6 is 0 Å².